The number of anilines is 2. The van der Waals surface area contributed by atoms with E-state index in [-0.39, 0.29) is 24.5 Å². The van der Waals surface area contributed by atoms with Crippen molar-refractivity contribution in [2.24, 2.45) is 0 Å². The molecule has 0 aromatic heterocycles. The summed E-state index contributed by atoms with van der Waals surface area (Å²) in [7, 11) is -7.94. The summed E-state index contributed by atoms with van der Waals surface area (Å²) in [5.74, 6) is -0.701. The molecule has 3 aromatic carbocycles. The van der Waals surface area contributed by atoms with E-state index in [1.165, 1.54) is 17.5 Å². The fourth-order valence-corrected chi connectivity index (χ4v) is 7.00. The van der Waals surface area contributed by atoms with Crippen molar-refractivity contribution in [2.45, 2.75) is 49.2 Å². The van der Waals surface area contributed by atoms with E-state index in [0.29, 0.717) is 29.8 Å². The Labute approximate surface area is 243 Å². The van der Waals surface area contributed by atoms with Crippen molar-refractivity contribution in [1.82, 2.24) is 4.31 Å². The molecule has 0 spiro atoms. The molecule has 4 rings (SSSR count). The molecule has 0 saturated heterocycles. The zero-order valence-electron chi connectivity index (χ0n) is 23.2. The summed E-state index contributed by atoms with van der Waals surface area (Å²) in [5, 5.41) is 0. The first-order chi connectivity index (χ1) is 19.8. The molecule has 9 nitrogen and oxygen atoms in total. The summed E-state index contributed by atoms with van der Waals surface area (Å²) < 4.78 is 108. The van der Waals surface area contributed by atoms with E-state index < -0.39 is 42.3 Å². The number of nitrogens with zero attached hydrogens (tertiary/aromatic N) is 2. The average Bonchev–Trinajstić information content (AvgIpc) is 3.04. The first kappa shape index (κ1) is 31.4. The maximum Gasteiger partial charge on any atom is 0.534 e. The molecule has 1 aliphatic heterocycles. The smallest absolute Gasteiger partial charge is 0.497 e. The molecule has 0 radical (unpaired) electrons. The molecule has 228 valence electrons. The van der Waals surface area contributed by atoms with Gasteiger partial charge in [-0.25, -0.2) is 8.42 Å². The molecule has 0 fully saturated rings. The lowest BCUT2D eigenvalue weighted by Gasteiger charge is -2.31. The van der Waals surface area contributed by atoms with Gasteiger partial charge in [-0.05, 0) is 36.2 Å². The molecule has 0 saturated carbocycles. The van der Waals surface area contributed by atoms with Crippen LogP contribution in [-0.2, 0) is 26.7 Å². The van der Waals surface area contributed by atoms with Gasteiger partial charge in [-0.2, -0.15) is 25.9 Å². The van der Waals surface area contributed by atoms with Crippen LogP contribution in [0.3, 0.4) is 0 Å². The molecule has 0 aliphatic carbocycles. The number of sulfonamides is 1. The number of halogens is 3. The second kappa shape index (κ2) is 12.4. The Kier molecular flexibility index (Phi) is 9.28. The molecule has 14 heteroatoms. The fraction of sp³-hybridized carbons (Fsp3) is 0.357. The number of hydrogen-bond donors (Lipinski definition) is 0. The number of alkyl halides is 3. The van der Waals surface area contributed by atoms with Gasteiger partial charge in [0.25, 0.3) is 0 Å². The summed E-state index contributed by atoms with van der Waals surface area (Å²) in [5.41, 5.74) is -4.36. The highest BCUT2D eigenvalue weighted by Crippen LogP contribution is 2.45. The van der Waals surface area contributed by atoms with Crippen molar-refractivity contribution in [3.05, 3.63) is 72.3 Å². The SMILES string of the molecule is CCCCC1CN(c2ccccc2)c2cc(OC)c(OS(=O)(=O)C(F)(F)F)cc2S(=O)(=O)N1Cc1ccc(OC)cc1. The first-order valence-corrected chi connectivity index (χ1v) is 15.9. The Morgan fingerprint density at radius 2 is 1.62 bits per heavy atom. The van der Waals surface area contributed by atoms with Gasteiger partial charge >= 0.3 is 15.6 Å². The maximum atomic E-state index is 14.4. The molecule has 3 aromatic rings. The summed E-state index contributed by atoms with van der Waals surface area (Å²) in [6.07, 6.45) is 2.00. The number of benzene rings is 3. The second-order valence-electron chi connectivity index (χ2n) is 9.59. The van der Waals surface area contributed by atoms with Crippen LogP contribution in [0.15, 0.2) is 71.6 Å². The van der Waals surface area contributed by atoms with E-state index in [4.69, 9.17) is 9.47 Å². The van der Waals surface area contributed by atoms with Gasteiger partial charge in [-0.15, -0.1) is 0 Å². The van der Waals surface area contributed by atoms with E-state index >= 15 is 0 Å². The number of rotatable bonds is 10. The standard InChI is InChI=1S/C28H31F3N2O7S2/c1-4-5-9-22-19-32(21-10-7-6-8-11-21)24-16-25(39-3)26(40-42(36,37)28(29,30)31)17-27(24)41(34,35)33(22)18-20-12-14-23(38-2)15-13-20/h6-8,10-17,22H,4-5,9,18-19H2,1-3H3. The van der Waals surface area contributed by atoms with Crippen LogP contribution in [-0.4, -0.2) is 53.5 Å². The summed E-state index contributed by atoms with van der Waals surface area (Å²) in [4.78, 5) is 1.32. The lowest BCUT2D eigenvalue weighted by atomic mass is 10.1. The summed E-state index contributed by atoms with van der Waals surface area (Å²) in [6.45, 7) is 2.14. The summed E-state index contributed by atoms with van der Waals surface area (Å²) in [6, 6.07) is 17.2. The monoisotopic (exact) mass is 628 g/mol. The summed E-state index contributed by atoms with van der Waals surface area (Å²) >= 11 is 0. The number of para-hydroxylation sites is 1. The third kappa shape index (κ3) is 6.45. The first-order valence-electron chi connectivity index (χ1n) is 13.0. The molecule has 1 unspecified atom stereocenters. The minimum atomic E-state index is -6.13. The van der Waals surface area contributed by atoms with Crippen molar-refractivity contribution in [2.75, 3.05) is 25.7 Å². The van der Waals surface area contributed by atoms with E-state index in [2.05, 4.69) is 4.18 Å². The van der Waals surface area contributed by atoms with Crippen molar-refractivity contribution in [3.8, 4) is 17.2 Å². The Morgan fingerprint density at radius 3 is 2.19 bits per heavy atom. The second-order valence-corrected chi connectivity index (χ2v) is 13.0. The zero-order valence-corrected chi connectivity index (χ0v) is 24.8. The van der Waals surface area contributed by atoms with Gasteiger partial charge in [0, 0.05) is 37.0 Å². The number of hydrogen-bond acceptors (Lipinski definition) is 8. The Bertz CT molecular complexity index is 1600. The van der Waals surface area contributed by atoms with Crippen molar-refractivity contribution >= 4 is 31.5 Å². The van der Waals surface area contributed by atoms with E-state index in [1.807, 2.05) is 6.92 Å². The third-order valence-electron chi connectivity index (χ3n) is 6.86. The number of ether oxygens (including phenoxy) is 2. The molecular formula is C28H31F3N2O7S2. The predicted octanol–water partition coefficient (Wildman–Crippen LogP) is 5.83. The molecule has 42 heavy (non-hydrogen) atoms. The van der Waals surface area contributed by atoms with Gasteiger partial charge in [0.2, 0.25) is 10.0 Å². The van der Waals surface area contributed by atoms with Crippen LogP contribution in [0.4, 0.5) is 24.5 Å². The Morgan fingerprint density at radius 1 is 0.952 bits per heavy atom. The highest BCUT2D eigenvalue weighted by molar-refractivity contribution is 7.89. The van der Waals surface area contributed by atoms with Crippen LogP contribution in [0.2, 0.25) is 0 Å². The highest BCUT2D eigenvalue weighted by Gasteiger charge is 2.49. The van der Waals surface area contributed by atoms with Crippen LogP contribution in [0.1, 0.15) is 31.7 Å². The van der Waals surface area contributed by atoms with Crippen LogP contribution in [0.25, 0.3) is 0 Å². The Balaban J connectivity index is 1.95. The number of methoxy groups -OCH3 is 2. The van der Waals surface area contributed by atoms with Gasteiger partial charge in [0.15, 0.2) is 11.5 Å². The molecule has 1 aliphatic rings. The number of fused-ring (bicyclic) bond motifs is 1. The van der Waals surface area contributed by atoms with E-state index in [9.17, 15) is 30.0 Å². The highest BCUT2D eigenvalue weighted by atomic mass is 32.2. The van der Waals surface area contributed by atoms with Crippen molar-refractivity contribution in [3.63, 3.8) is 0 Å². The van der Waals surface area contributed by atoms with Gasteiger partial charge in [0.05, 0.1) is 19.9 Å². The van der Waals surface area contributed by atoms with Gasteiger partial charge in [-0.1, -0.05) is 50.1 Å². The molecule has 1 heterocycles. The maximum absolute atomic E-state index is 14.4. The Hall–Kier alpha value is -3.49. The minimum absolute atomic E-state index is 0.0498. The predicted molar refractivity (Wildman–Crippen MR) is 151 cm³/mol. The van der Waals surface area contributed by atoms with E-state index in [0.717, 1.165) is 19.6 Å². The lowest BCUT2D eigenvalue weighted by Crippen LogP contribution is -2.43. The van der Waals surface area contributed by atoms with Crippen LogP contribution in [0.5, 0.6) is 17.2 Å². The normalized spacial score (nSPS) is 17.3. The number of unbranched alkanes of at least 4 members (excludes halogenated alkanes) is 1. The lowest BCUT2D eigenvalue weighted by molar-refractivity contribution is -0.0500. The zero-order chi connectivity index (χ0) is 30.7. The van der Waals surface area contributed by atoms with Gasteiger partial charge < -0.3 is 18.6 Å². The average molecular weight is 629 g/mol. The molecule has 0 amide bonds. The minimum Gasteiger partial charge on any atom is -0.497 e. The van der Waals surface area contributed by atoms with Gasteiger partial charge in [-0.3, -0.25) is 0 Å². The van der Waals surface area contributed by atoms with Crippen molar-refractivity contribution in [1.29, 1.82) is 0 Å². The molecular weight excluding hydrogens is 597 g/mol. The van der Waals surface area contributed by atoms with Gasteiger partial charge in [0.1, 0.15) is 10.6 Å². The van der Waals surface area contributed by atoms with E-state index in [1.54, 1.807) is 59.5 Å². The fourth-order valence-electron chi connectivity index (χ4n) is 4.71. The van der Waals surface area contributed by atoms with Crippen LogP contribution in [0, 0.1) is 0 Å². The molecule has 0 bridgehead atoms. The van der Waals surface area contributed by atoms with Crippen molar-refractivity contribution < 1.29 is 43.7 Å². The molecule has 1 atom stereocenters. The van der Waals surface area contributed by atoms with Crippen LogP contribution < -0.4 is 18.6 Å². The molecule has 0 N–H and O–H groups in total. The third-order valence-corrected chi connectivity index (χ3v) is 9.76. The topological polar surface area (TPSA) is 102 Å². The quantitative estimate of drug-likeness (QED) is 0.204. The largest absolute Gasteiger partial charge is 0.534 e. The van der Waals surface area contributed by atoms with Crippen LogP contribution >= 0.6 is 0 Å².